The van der Waals surface area contributed by atoms with Gasteiger partial charge in [0, 0.05) is 18.7 Å². The molecule has 1 spiro atoms. The molecule has 1 aliphatic carbocycles. The van der Waals surface area contributed by atoms with Crippen LogP contribution in [0.1, 0.15) is 48.5 Å². The minimum Gasteiger partial charge on any atom is -0.353 e. The molecule has 0 radical (unpaired) electrons. The fraction of sp³-hybridized carbons (Fsp3) is 0.636. The maximum absolute atomic E-state index is 13.6. The minimum atomic E-state index is -0.657. The Hall–Kier alpha value is -1.92. The zero-order valence-corrected chi connectivity index (χ0v) is 17.5. The smallest absolute Gasteiger partial charge is 0.257 e. The summed E-state index contributed by atoms with van der Waals surface area (Å²) < 4.78 is 6.22. The Morgan fingerprint density at radius 3 is 2.57 bits per heavy atom. The molecule has 1 aliphatic heterocycles. The SMILES string of the molecule is Cc1ccccc1C(=O)N1[C@@H](C(=O)NCCN(C)C)COC12CCC(C)CC2. The van der Waals surface area contributed by atoms with E-state index in [1.807, 2.05) is 50.2 Å². The number of carbonyl (C=O) groups is 2. The molecule has 1 heterocycles. The molecule has 1 saturated carbocycles. The maximum Gasteiger partial charge on any atom is 0.257 e. The van der Waals surface area contributed by atoms with E-state index in [0.717, 1.165) is 37.8 Å². The van der Waals surface area contributed by atoms with E-state index in [-0.39, 0.29) is 18.4 Å². The lowest BCUT2D eigenvalue weighted by Crippen LogP contribution is -2.57. The average molecular weight is 388 g/mol. The standard InChI is InChI=1S/C22H33N3O3/c1-16-9-11-22(12-10-16)25(21(27)18-8-6-5-7-17(18)2)19(15-28-22)20(26)23-13-14-24(3)4/h5-8,16,19H,9-15H2,1-4H3,(H,23,26)/t16?,19-,22?/m1/s1. The predicted octanol–water partition coefficient (Wildman–Crippen LogP) is 2.42. The summed E-state index contributed by atoms with van der Waals surface area (Å²) in [5.41, 5.74) is 0.915. The van der Waals surface area contributed by atoms with E-state index in [4.69, 9.17) is 4.74 Å². The molecule has 6 heteroatoms. The lowest BCUT2D eigenvalue weighted by molar-refractivity contribution is -0.127. The van der Waals surface area contributed by atoms with Crippen molar-refractivity contribution in [3.8, 4) is 0 Å². The highest BCUT2D eigenvalue weighted by Crippen LogP contribution is 2.43. The molecule has 2 fully saturated rings. The van der Waals surface area contributed by atoms with E-state index in [1.165, 1.54) is 0 Å². The Morgan fingerprint density at radius 2 is 1.93 bits per heavy atom. The summed E-state index contributed by atoms with van der Waals surface area (Å²) in [4.78, 5) is 30.3. The molecule has 0 unspecified atom stereocenters. The van der Waals surface area contributed by atoms with E-state index in [9.17, 15) is 9.59 Å². The van der Waals surface area contributed by atoms with Crippen molar-refractivity contribution in [2.24, 2.45) is 5.92 Å². The predicted molar refractivity (Wildman–Crippen MR) is 109 cm³/mol. The molecule has 1 N–H and O–H groups in total. The molecule has 1 saturated heterocycles. The first-order valence-corrected chi connectivity index (χ1v) is 10.3. The van der Waals surface area contributed by atoms with Gasteiger partial charge in [0.1, 0.15) is 11.8 Å². The highest BCUT2D eigenvalue weighted by Gasteiger charge is 2.53. The van der Waals surface area contributed by atoms with Crippen LogP contribution in [0.2, 0.25) is 0 Å². The van der Waals surface area contributed by atoms with Gasteiger partial charge in [-0.1, -0.05) is 25.1 Å². The number of likely N-dealkylation sites (N-methyl/N-ethyl adjacent to an activating group) is 1. The van der Waals surface area contributed by atoms with Gasteiger partial charge in [-0.05, 0) is 64.3 Å². The molecule has 6 nitrogen and oxygen atoms in total. The molecule has 1 aromatic rings. The second-order valence-corrected chi connectivity index (χ2v) is 8.54. The van der Waals surface area contributed by atoms with Crippen LogP contribution < -0.4 is 5.32 Å². The number of nitrogens with one attached hydrogen (secondary N) is 1. The van der Waals surface area contributed by atoms with Crippen molar-refractivity contribution in [3.05, 3.63) is 35.4 Å². The van der Waals surface area contributed by atoms with Crippen LogP contribution in [-0.2, 0) is 9.53 Å². The third kappa shape index (κ3) is 4.23. The van der Waals surface area contributed by atoms with Gasteiger partial charge in [-0.3, -0.25) is 14.5 Å². The minimum absolute atomic E-state index is 0.0992. The molecule has 0 aromatic heterocycles. The van der Waals surface area contributed by atoms with Gasteiger partial charge < -0.3 is 15.0 Å². The first-order valence-electron chi connectivity index (χ1n) is 10.3. The number of nitrogens with zero attached hydrogens (tertiary/aromatic N) is 2. The van der Waals surface area contributed by atoms with Crippen LogP contribution in [-0.4, -0.2) is 67.2 Å². The van der Waals surface area contributed by atoms with Gasteiger partial charge in [0.2, 0.25) is 5.91 Å². The topological polar surface area (TPSA) is 61.9 Å². The van der Waals surface area contributed by atoms with Gasteiger partial charge in [-0.2, -0.15) is 0 Å². The fourth-order valence-electron chi connectivity index (χ4n) is 4.24. The largest absolute Gasteiger partial charge is 0.353 e. The van der Waals surface area contributed by atoms with Gasteiger partial charge in [0.15, 0.2) is 0 Å². The van der Waals surface area contributed by atoms with Crippen LogP contribution in [0.25, 0.3) is 0 Å². The number of amides is 2. The van der Waals surface area contributed by atoms with Crippen LogP contribution >= 0.6 is 0 Å². The molecular formula is C22H33N3O3. The van der Waals surface area contributed by atoms with E-state index < -0.39 is 11.8 Å². The van der Waals surface area contributed by atoms with Crippen molar-refractivity contribution in [2.75, 3.05) is 33.8 Å². The lowest BCUT2D eigenvalue weighted by atomic mass is 9.83. The summed E-state index contributed by atoms with van der Waals surface area (Å²) in [7, 11) is 3.94. The van der Waals surface area contributed by atoms with Crippen LogP contribution in [0, 0.1) is 12.8 Å². The molecule has 2 aliphatic rings. The Morgan fingerprint density at radius 1 is 1.25 bits per heavy atom. The second kappa shape index (κ2) is 8.62. The van der Waals surface area contributed by atoms with Crippen LogP contribution in [0.5, 0.6) is 0 Å². The number of aryl methyl sites for hydroxylation is 1. The molecule has 3 rings (SSSR count). The van der Waals surface area contributed by atoms with Crippen molar-refractivity contribution in [3.63, 3.8) is 0 Å². The number of hydrogen-bond donors (Lipinski definition) is 1. The number of hydrogen-bond acceptors (Lipinski definition) is 4. The van der Waals surface area contributed by atoms with E-state index in [0.29, 0.717) is 18.0 Å². The quantitative estimate of drug-likeness (QED) is 0.843. The first kappa shape index (κ1) is 20.8. The third-order valence-corrected chi connectivity index (χ3v) is 6.07. The van der Waals surface area contributed by atoms with E-state index >= 15 is 0 Å². The Balaban J connectivity index is 1.86. The van der Waals surface area contributed by atoms with Crippen molar-refractivity contribution >= 4 is 11.8 Å². The zero-order valence-electron chi connectivity index (χ0n) is 17.5. The summed E-state index contributed by atoms with van der Waals surface area (Å²) >= 11 is 0. The fourth-order valence-corrected chi connectivity index (χ4v) is 4.24. The summed E-state index contributed by atoms with van der Waals surface area (Å²) in [6, 6.07) is 7.00. The lowest BCUT2D eigenvalue weighted by Gasteiger charge is -2.43. The molecule has 1 atom stereocenters. The normalized spacial score (nSPS) is 27.4. The summed E-state index contributed by atoms with van der Waals surface area (Å²) in [5, 5.41) is 2.98. The Labute approximate surface area is 168 Å². The van der Waals surface area contributed by atoms with Gasteiger partial charge in [-0.15, -0.1) is 0 Å². The summed E-state index contributed by atoms with van der Waals surface area (Å²) in [5.74, 6) is 0.398. The van der Waals surface area contributed by atoms with Gasteiger partial charge in [-0.25, -0.2) is 0 Å². The second-order valence-electron chi connectivity index (χ2n) is 8.54. The van der Waals surface area contributed by atoms with E-state index in [1.54, 1.807) is 4.90 Å². The van der Waals surface area contributed by atoms with Crippen molar-refractivity contribution < 1.29 is 14.3 Å². The number of carbonyl (C=O) groups excluding carboxylic acids is 2. The first-order chi connectivity index (χ1) is 13.3. The molecular weight excluding hydrogens is 354 g/mol. The van der Waals surface area contributed by atoms with Crippen LogP contribution in [0.15, 0.2) is 24.3 Å². The van der Waals surface area contributed by atoms with Gasteiger partial charge >= 0.3 is 0 Å². The number of ether oxygens (including phenoxy) is 1. The molecule has 154 valence electrons. The average Bonchev–Trinajstić information content (AvgIpc) is 3.03. The molecule has 2 amide bonds. The molecule has 1 aromatic carbocycles. The Bertz CT molecular complexity index is 711. The van der Waals surface area contributed by atoms with Gasteiger partial charge in [0.25, 0.3) is 5.91 Å². The van der Waals surface area contributed by atoms with Crippen molar-refractivity contribution in [2.45, 2.75) is 51.3 Å². The monoisotopic (exact) mass is 387 g/mol. The number of benzene rings is 1. The summed E-state index contributed by atoms with van der Waals surface area (Å²) in [6.07, 6.45) is 3.58. The summed E-state index contributed by atoms with van der Waals surface area (Å²) in [6.45, 7) is 5.75. The van der Waals surface area contributed by atoms with Crippen LogP contribution in [0.3, 0.4) is 0 Å². The maximum atomic E-state index is 13.6. The highest BCUT2D eigenvalue weighted by atomic mass is 16.5. The highest BCUT2D eigenvalue weighted by molar-refractivity contribution is 5.99. The zero-order chi connectivity index (χ0) is 20.3. The molecule has 0 bridgehead atoms. The van der Waals surface area contributed by atoms with E-state index in [2.05, 4.69) is 12.2 Å². The Kier molecular flexibility index (Phi) is 6.40. The third-order valence-electron chi connectivity index (χ3n) is 6.07. The van der Waals surface area contributed by atoms with Gasteiger partial charge in [0.05, 0.1) is 6.61 Å². The number of rotatable bonds is 5. The van der Waals surface area contributed by atoms with Crippen LogP contribution in [0.4, 0.5) is 0 Å². The van der Waals surface area contributed by atoms with Crippen molar-refractivity contribution in [1.82, 2.24) is 15.1 Å². The van der Waals surface area contributed by atoms with Crippen molar-refractivity contribution in [1.29, 1.82) is 0 Å². The molecule has 28 heavy (non-hydrogen) atoms.